The molecule has 0 unspecified atom stereocenters. The van der Waals surface area contributed by atoms with Crippen LogP contribution in [-0.2, 0) is 14.5 Å². The van der Waals surface area contributed by atoms with Gasteiger partial charge in [-0.1, -0.05) is 19.9 Å². The molecule has 1 aromatic carbocycles. The first-order valence-corrected chi connectivity index (χ1v) is 11.3. The first-order valence-electron chi connectivity index (χ1n) is 9.97. The van der Waals surface area contributed by atoms with Gasteiger partial charge in [0.25, 0.3) is 0 Å². The molecule has 2 aromatic rings. The maximum atomic E-state index is 14.3. The fourth-order valence-electron chi connectivity index (χ4n) is 3.39. The Labute approximate surface area is 183 Å². The highest BCUT2D eigenvalue weighted by Crippen LogP contribution is 2.29. The predicted octanol–water partition coefficient (Wildman–Crippen LogP) is 3.70. The summed E-state index contributed by atoms with van der Waals surface area (Å²) in [6, 6.07) is 4.98. The van der Waals surface area contributed by atoms with Gasteiger partial charge in [0.2, 0.25) is 0 Å². The Balaban J connectivity index is 0.000000357. The second-order valence-electron chi connectivity index (χ2n) is 8.51. The molecule has 3 N–H and O–H groups in total. The molecule has 1 aliphatic rings. The van der Waals surface area contributed by atoms with E-state index in [0.29, 0.717) is 11.6 Å². The number of hydrogen-bond acceptors (Lipinski definition) is 6. The van der Waals surface area contributed by atoms with Crippen molar-refractivity contribution in [3.05, 3.63) is 35.4 Å². The Morgan fingerprint density at radius 3 is 2.42 bits per heavy atom. The van der Waals surface area contributed by atoms with Crippen molar-refractivity contribution in [2.45, 2.75) is 53.5 Å². The number of hydrogen-bond donors (Lipinski definition) is 2. The van der Waals surface area contributed by atoms with Gasteiger partial charge in [-0.3, -0.25) is 5.10 Å². The zero-order valence-corrected chi connectivity index (χ0v) is 19.6. The highest BCUT2D eigenvalue weighted by molar-refractivity contribution is 7.85. The molecule has 2 heterocycles. The van der Waals surface area contributed by atoms with Crippen LogP contribution in [0.2, 0.25) is 0 Å². The molecule has 0 spiro atoms. The monoisotopic (exact) mass is 454 g/mol. The number of nitrogens with zero attached hydrogens (tertiary/aromatic N) is 2. The van der Waals surface area contributed by atoms with Crippen LogP contribution in [0.5, 0.6) is 5.75 Å². The zero-order chi connectivity index (χ0) is 23.4. The van der Waals surface area contributed by atoms with E-state index < -0.39 is 15.8 Å². The van der Waals surface area contributed by atoms with Crippen molar-refractivity contribution < 1.29 is 21.7 Å². The minimum atomic E-state index is -3.51. The first-order chi connectivity index (χ1) is 14.3. The van der Waals surface area contributed by atoms with Crippen LogP contribution in [0, 0.1) is 25.6 Å². The van der Waals surface area contributed by atoms with Crippen molar-refractivity contribution in [1.29, 1.82) is 0 Å². The van der Waals surface area contributed by atoms with Crippen LogP contribution in [0.4, 0.5) is 4.39 Å². The third-order valence-corrected chi connectivity index (χ3v) is 5.42. The number of aryl methyl sites for hydroxylation is 2. The molecule has 10 heteroatoms. The summed E-state index contributed by atoms with van der Waals surface area (Å²) in [5.74, 6) is 0.309. The molecule has 0 saturated heterocycles. The molecule has 1 atom stereocenters. The van der Waals surface area contributed by atoms with Gasteiger partial charge < -0.3 is 10.5 Å². The van der Waals surface area contributed by atoms with E-state index >= 15 is 0 Å². The van der Waals surface area contributed by atoms with Crippen molar-refractivity contribution in [2.24, 2.45) is 16.0 Å². The van der Waals surface area contributed by atoms with E-state index in [2.05, 4.69) is 32.6 Å². The highest BCUT2D eigenvalue weighted by atomic mass is 32.2. The predicted molar refractivity (Wildman–Crippen MR) is 119 cm³/mol. The van der Waals surface area contributed by atoms with E-state index in [1.807, 2.05) is 26.8 Å². The smallest absolute Gasteiger partial charge is 0.381 e. The van der Waals surface area contributed by atoms with Gasteiger partial charge in [-0.25, -0.2) is 8.57 Å². The first kappa shape index (κ1) is 25.0. The molecule has 0 bridgehead atoms. The highest BCUT2D eigenvalue weighted by Gasteiger charge is 2.22. The molecule has 0 amide bonds. The molecule has 3 rings (SSSR count). The number of nitrogens with one attached hydrogen (secondary N) is 1. The topological polar surface area (TPSA) is 120 Å². The quantitative estimate of drug-likeness (QED) is 0.687. The number of benzene rings is 1. The Kier molecular flexibility index (Phi) is 7.96. The van der Waals surface area contributed by atoms with Crippen molar-refractivity contribution in [3.8, 4) is 16.9 Å². The van der Waals surface area contributed by atoms with Crippen LogP contribution < -0.4 is 10.5 Å². The fraction of sp³-hybridized carbons (Fsp3) is 0.524. The second-order valence-corrected chi connectivity index (χ2v) is 9.79. The number of halogens is 1. The van der Waals surface area contributed by atoms with Gasteiger partial charge in [0.1, 0.15) is 13.2 Å². The normalized spacial score (nSPS) is 17.0. The summed E-state index contributed by atoms with van der Waals surface area (Å²) >= 11 is 0. The SMILES string of the molecule is CC1=NS(=O)(=O)OC1.Cc1n[nH]c(C)c1-c1ccc(OC[C@@](C)(N)CC(C)C)c(F)c1. The third kappa shape index (κ3) is 7.41. The van der Waals surface area contributed by atoms with Gasteiger partial charge in [0.15, 0.2) is 11.6 Å². The summed E-state index contributed by atoms with van der Waals surface area (Å²) in [5.41, 5.74) is 9.72. The number of rotatable bonds is 6. The van der Waals surface area contributed by atoms with Gasteiger partial charge in [-0.2, -0.15) is 13.5 Å². The number of H-pyrrole nitrogens is 1. The molecule has 0 fully saturated rings. The van der Waals surface area contributed by atoms with Gasteiger partial charge >= 0.3 is 10.3 Å². The molecule has 31 heavy (non-hydrogen) atoms. The minimum absolute atomic E-state index is 0.113. The van der Waals surface area contributed by atoms with E-state index in [0.717, 1.165) is 28.9 Å². The number of nitrogens with two attached hydrogens (primary N) is 1. The maximum Gasteiger partial charge on any atom is 0.381 e. The van der Waals surface area contributed by atoms with Crippen LogP contribution in [0.15, 0.2) is 22.6 Å². The van der Waals surface area contributed by atoms with E-state index in [4.69, 9.17) is 10.5 Å². The molecule has 0 radical (unpaired) electrons. The summed E-state index contributed by atoms with van der Waals surface area (Å²) < 4.78 is 47.8. The lowest BCUT2D eigenvalue weighted by molar-refractivity contribution is 0.200. The lowest BCUT2D eigenvalue weighted by Crippen LogP contribution is -2.43. The largest absolute Gasteiger partial charge is 0.489 e. The van der Waals surface area contributed by atoms with Gasteiger partial charge in [0.05, 0.1) is 11.4 Å². The number of ether oxygens (including phenoxy) is 1. The molecule has 0 aliphatic carbocycles. The standard InChI is InChI=1S/C18H26FN3O.C3H5NO3S/c1-11(2)9-18(5,20)10-23-16-7-6-14(8-15(16)19)17-12(3)21-22-13(17)4;1-3-2-7-8(5,6)4-3/h6-8,11H,9-10,20H2,1-5H3,(H,21,22);2H2,1H3/t18-;/m0./s1. The molecule has 1 aliphatic heterocycles. The Bertz CT molecular complexity index is 1030. The average molecular weight is 455 g/mol. The molecule has 172 valence electrons. The lowest BCUT2D eigenvalue weighted by Gasteiger charge is -2.26. The lowest BCUT2D eigenvalue weighted by atomic mass is 9.93. The summed E-state index contributed by atoms with van der Waals surface area (Å²) in [6.45, 7) is 12.0. The summed E-state index contributed by atoms with van der Waals surface area (Å²) in [5, 5.41) is 7.06. The average Bonchev–Trinajstić information content (AvgIpc) is 3.13. The van der Waals surface area contributed by atoms with E-state index in [-0.39, 0.29) is 24.8 Å². The minimum Gasteiger partial charge on any atom is -0.489 e. The molecule has 0 saturated carbocycles. The molecule has 1 aromatic heterocycles. The summed E-state index contributed by atoms with van der Waals surface area (Å²) in [4.78, 5) is 0. The van der Waals surface area contributed by atoms with Crippen molar-refractivity contribution in [3.63, 3.8) is 0 Å². The number of aromatic nitrogens is 2. The van der Waals surface area contributed by atoms with E-state index in [9.17, 15) is 12.8 Å². The van der Waals surface area contributed by atoms with Gasteiger partial charge in [0, 0.05) is 16.8 Å². The fourth-order valence-corrected chi connectivity index (χ4v) is 4.19. The molecular weight excluding hydrogens is 423 g/mol. The van der Waals surface area contributed by atoms with Crippen LogP contribution in [0.25, 0.3) is 11.1 Å². The van der Waals surface area contributed by atoms with Crippen LogP contribution in [0.3, 0.4) is 0 Å². The molecular formula is C21H31FN4O4S. The van der Waals surface area contributed by atoms with Crippen LogP contribution in [-0.4, -0.2) is 43.1 Å². The Morgan fingerprint density at radius 2 is 2.00 bits per heavy atom. The van der Waals surface area contributed by atoms with Crippen molar-refractivity contribution in [1.82, 2.24) is 10.2 Å². The maximum absolute atomic E-state index is 14.3. The van der Waals surface area contributed by atoms with E-state index in [1.54, 1.807) is 13.0 Å². The third-order valence-electron chi connectivity index (χ3n) is 4.47. The second kappa shape index (κ2) is 9.88. The van der Waals surface area contributed by atoms with Crippen molar-refractivity contribution >= 4 is 16.0 Å². The van der Waals surface area contributed by atoms with E-state index in [1.165, 1.54) is 6.07 Å². The van der Waals surface area contributed by atoms with Crippen LogP contribution in [0.1, 0.15) is 45.5 Å². The zero-order valence-electron chi connectivity index (χ0n) is 18.8. The van der Waals surface area contributed by atoms with Crippen LogP contribution >= 0.6 is 0 Å². The summed E-state index contributed by atoms with van der Waals surface area (Å²) in [7, 11) is -3.51. The van der Waals surface area contributed by atoms with Gasteiger partial charge in [-0.15, -0.1) is 4.40 Å². The summed E-state index contributed by atoms with van der Waals surface area (Å²) in [6.07, 6.45) is 0.820. The van der Waals surface area contributed by atoms with Crippen molar-refractivity contribution in [2.75, 3.05) is 13.2 Å². The van der Waals surface area contributed by atoms with Gasteiger partial charge in [-0.05, 0) is 57.7 Å². The Hall–Kier alpha value is -2.30. The Morgan fingerprint density at radius 1 is 1.32 bits per heavy atom. The molecule has 8 nitrogen and oxygen atoms in total. The number of aromatic amines is 1.